The number of rotatable bonds is 3. The molecule has 1 aromatic rings. The van der Waals surface area contributed by atoms with Crippen LogP contribution in [-0.4, -0.2) is 46.6 Å². The molecular formula is C12H17ClN4O. The van der Waals surface area contributed by atoms with E-state index in [1.54, 1.807) is 6.07 Å². The van der Waals surface area contributed by atoms with E-state index in [0.717, 1.165) is 38.2 Å². The van der Waals surface area contributed by atoms with Gasteiger partial charge in [0.15, 0.2) is 11.0 Å². The van der Waals surface area contributed by atoms with Crippen molar-refractivity contribution in [2.45, 2.75) is 37.5 Å². The predicted molar refractivity (Wildman–Crippen MR) is 69.8 cm³/mol. The third-order valence-electron chi connectivity index (χ3n) is 3.71. The zero-order valence-electron chi connectivity index (χ0n) is 10.1. The first-order valence-electron chi connectivity index (χ1n) is 6.39. The van der Waals surface area contributed by atoms with Crippen molar-refractivity contribution < 1.29 is 5.11 Å². The quantitative estimate of drug-likeness (QED) is 0.850. The van der Waals surface area contributed by atoms with Gasteiger partial charge in [0.2, 0.25) is 0 Å². The summed E-state index contributed by atoms with van der Waals surface area (Å²) in [5.41, 5.74) is 0. The summed E-state index contributed by atoms with van der Waals surface area (Å²) >= 11 is 5.73. The van der Waals surface area contributed by atoms with Crippen LogP contribution in [0, 0.1) is 0 Å². The van der Waals surface area contributed by atoms with Crippen molar-refractivity contribution in [3.63, 3.8) is 0 Å². The molecule has 5 nitrogen and oxygen atoms in total. The molecule has 2 heterocycles. The van der Waals surface area contributed by atoms with Crippen LogP contribution in [0.3, 0.4) is 0 Å². The van der Waals surface area contributed by atoms with Crippen LogP contribution >= 0.6 is 11.6 Å². The summed E-state index contributed by atoms with van der Waals surface area (Å²) in [5, 5.41) is 21.2. The highest BCUT2D eigenvalue weighted by atomic mass is 35.5. The van der Waals surface area contributed by atoms with Gasteiger partial charge in [0, 0.05) is 25.2 Å². The largest absolute Gasteiger partial charge is 0.393 e. The topological polar surface area (TPSA) is 61.3 Å². The summed E-state index contributed by atoms with van der Waals surface area (Å²) in [4.78, 5) is 2.22. The average Bonchev–Trinajstić information content (AvgIpc) is 2.77. The van der Waals surface area contributed by atoms with Crippen LogP contribution in [0.5, 0.6) is 0 Å². The highest BCUT2D eigenvalue weighted by Crippen LogP contribution is 2.23. The van der Waals surface area contributed by atoms with Crippen molar-refractivity contribution in [1.29, 1.82) is 0 Å². The van der Waals surface area contributed by atoms with Crippen molar-refractivity contribution in [3.05, 3.63) is 17.3 Å². The van der Waals surface area contributed by atoms with E-state index >= 15 is 0 Å². The molecule has 1 saturated carbocycles. The molecule has 1 atom stereocenters. The summed E-state index contributed by atoms with van der Waals surface area (Å²) in [6, 6.07) is 4.65. The molecule has 3 rings (SSSR count). The summed E-state index contributed by atoms with van der Waals surface area (Å²) in [5.74, 6) is 0.886. The first kappa shape index (κ1) is 12.1. The molecule has 1 aliphatic heterocycles. The van der Waals surface area contributed by atoms with Crippen LogP contribution in [0.1, 0.15) is 19.3 Å². The number of nitrogens with one attached hydrogen (secondary N) is 1. The summed E-state index contributed by atoms with van der Waals surface area (Å²) < 4.78 is 0. The molecule has 1 aliphatic carbocycles. The van der Waals surface area contributed by atoms with Crippen molar-refractivity contribution in [3.8, 4) is 0 Å². The third-order valence-corrected chi connectivity index (χ3v) is 3.92. The van der Waals surface area contributed by atoms with Gasteiger partial charge in [-0.3, -0.25) is 0 Å². The maximum atomic E-state index is 9.27. The van der Waals surface area contributed by atoms with Gasteiger partial charge in [-0.05, 0) is 31.4 Å². The first-order valence-corrected chi connectivity index (χ1v) is 6.77. The van der Waals surface area contributed by atoms with Gasteiger partial charge in [-0.25, -0.2) is 0 Å². The second kappa shape index (κ2) is 4.99. The molecule has 2 N–H and O–H groups in total. The lowest BCUT2D eigenvalue weighted by Crippen LogP contribution is -2.49. The Hall–Kier alpha value is -0.910. The minimum Gasteiger partial charge on any atom is -0.393 e. The Bertz CT molecular complexity index is 407. The Morgan fingerprint density at radius 1 is 1.28 bits per heavy atom. The molecule has 1 unspecified atom stereocenters. The van der Waals surface area contributed by atoms with Crippen LogP contribution in [0.15, 0.2) is 12.1 Å². The van der Waals surface area contributed by atoms with Crippen LogP contribution in [-0.2, 0) is 0 Å². The Morgan fingerprint density at radius 3 is 2.78 bits per heavy atom. The lowest BCUT2D eigenvalue weighted by Gasteiger charge is -2.34. The fourth-order valence-electron chi connectivity index (χ4n) is 2.64. The third kappa shape index (κ3) is 2.58. The molecule has 18 heavy (non-hydrogen) atoms. The smallest absolute Gasteiger partial charge is 0.151 e. The van der Waals surface area contributed by atoms with Gasteiger partial charge in [-0.15, -0.1) is 10.2 Å². The number of halogens is 1. The Morgan fingerprint density at radius 2 is 2.11 bits per heavy atom. The molecule has 0 bridgehead atoms. The summed E-state index contributed by atoms with van der Waals surface area (Å²) in [6.07, 6.45) is 2.79. The van der Waals surface area contributed by atoms with E-state index in [-0.39, 0.29) is 6.10 Å². The van der Waals surface area contributed by atoms with E-state index in [1.807, 2.05) is 6.07 Å². The molecular weight excluding hydrogens is 252 g/mol. The molecule has 1 aromatic heterocycles. The normalized spacial score (nSPS) is 31.4. The Kier molecular flexibility index (Phi) is 3.37. The number of anilines is 1. The fraction of sp³-hybridized carbons (Fsp3) is 0.667. The average molecular weight is 269 g/mol. The fourth-order valence-corrected chi connectivity index (χ4v) is 2.74. The molecule has 0 amide bonds. The Labute approximate surface area is 111 Å². The van der Waals surface area contributed by atoms with Gasteiger partial charge in [-0.1, -0.05) is 11.6 Å². The minimum atomic E-state index is -0.0952. The molecule has 6 heteroatoms. The van der Waals surface area contributed by atoms with Gasteiger partial charge < -0.3 is 15.3 Å². The summed E-state index contributed by atoms with van der Waals surface area (Å²) in [6.45, 7) is 1.94. The van der Waals surface area contributed by atoms with Crippen molar-refractivity contribution in [2.75, 3.05) is 18.0 Å². The number of hydrogen-bond acceptors (Lipinski definition) is 5. The van der Waals surface area contributed by atoms with Crippen LogP contribution in [0.4, 0.5) is 5.82 Å². The standard InChI is InChI=1S/C12H17ClN4O/c13-11-1-2-12(16-15-11)17-4-3-8(7-17)14-9-5-10(18)6-9/h1-2,8-10,14,18H,3-7H2/t8?,9-,10+. The van der Waals surface area contributed by atoms with E-state index in [9.17, 15) is 5.11 Å². The number of hydrogen-bond donors (Lipinski definition) is 2. The zero-order valence-corrected chi connectivity index (χ0v) is 10.8. The molecule has 0 spiro atoms. The SMILES string of the molecule is O[C@H]1C[C@@H](NC2CCN(c3ccc(Cl)nn3)C2)C1. The minimum absolute atomic E-state index is 0.0952. The van der Waals surface area contributed by atoms with Crippen LogP contribution < -0.4 is 10.2 Å². The lowest BCUT2D eigenvalue weighted by molar-refractivity contribution is 0.0588. The zero-order chi connectivity index (χ0) is 12.5. The van der Waals surface area contributed by atoms with E-state index in [1.165, 1.54) is 0 Å². The monoisotopic (exact) mass is 268 g/mol. The maximum absolute atomic E-state index is 9.27. The summed E-state index contributed by atoms with van der Waals surface area (Å²) in [7, 11) is 0. The molecule has 98 valence electrons. The lowest BCUT2D eigenvalue weighted by atomic mass is 9.89. The molecule has 1 saturated heterocycles. The Balaban J connectivity index is 1.53. The van der Waals surface area contributed by atoms with Crippen LogP contribution in [0.2, 0.25) is 5.15 Å². The second-order valence-corrected chi connectivity index (χ2v) is 5.52. The van der Waals surface area contributed by atoms with Gasteiger partial charge in [0.25, 0.3) is 0 Å². The van der Waals surface area contributed by atoms with Crippen molar-refractivity contribution in [1.82, 2.24) is 15.5 Å². The first-order chi connectivity index (χ1) is 8.70. The number of aliphatic hydroxyl groups excluding tert-OH is 1. The van der Waals surface area contributed by atoms with Crippen molar-refractivity contribution in [2.24, 2.45) is 0 Å². The number of aliphatic hydroxyl groups is 1. The van der Waals surface area contributed by atoms with Gasteiger partial charge in [0.1, 0.15) is 0 Å². The van der Waals surface area contributed by atoms with Gasteiger partial charge in [0.05, 0.1) is 6.10 Å². The molecule has 0 aromatic carbocycles. The van der Waals surface area contributed by atoms with E-state index in [4.69, 9.17) is 11.6 Å². The molecule has 0 radical (unpaired) electrons. The number of aromatic nitrogens is 2. The predicted octanol–water partition coefficient (Wildman–Crippen LogP) is 0.822. The van der Waals surface area contributed by atoms with Gasteiger partial charge in [-0.2, -0.15) is 0 Å². The van der Waals surface area contributed by atoms with Crippen molar-refractivity contribution >= 4 is 17.4 Å². The van der Waals surface area contributed by atoms with E-state index < -0.39 is 0 Å². The second-order valence-electron chi connectivity index (χ2n) is 5.13. The van der Waals surface area contributed by atoms with Crippen LogP contribution in [0.25, 0.3) is 0 Å². The highest BCUT2D eigenvalue weighted by Gasteiger charge is 2.31. The van der Waals surface area contributed by atoms with E-state index in [2.05, 4.69) is 20.4 Å². The van der Waals surface area contributed by atoms with Gasteiger partial charge >= 0.3 is 0 Å². The number of nitrogens with zero attached hydrogens (tertiary/aromatic N) is 3. The highest BCUT2D eigenvalue weighted by molar-refractivity contribution is 6.29. The molecule has 2 fully saturated rings. The van der Waals surface area contributed by atoms with E-state index in [0.29, 0.717) is 17.2 Å². The molecule has 2 aliphatic rings. The maximum Gasteiger partial charge on any atom is 0.151 e.